The van der Waals surface area contributed by atoms with E-state index in [4.69, 9.17) is 4.74 Å². The largest absolute Gasteiger partial charge is 0.379 e. The van der Waals surface area contributed by atoms with E-state index >= 15 is 0 Å². The Kier molecular flexibility index (Phi) is 3.03. The third-order valence-corrected chi connectivity index (χ3v) is 3.37. The van der Waals surface area contributed by atoms with E-state index in [1.807, 2.05) is 7.05 Å². The predicted molar refractivity (Wildman–Crippen MR) is 55.8 cm³/mol. The van der Waals surface area contributed by atoms with Crippen LogP contribution in [0.3, 0.4) is 0 Å². The second-order valence-corrected chi connectivity index (χ2v) is 5.25. The zero-order valence-electron chi connectivity index (χ0n) is 9.61. The van der Waals surface area contributed by atoms with Crippen molar-refractivity contribution in [2.75, 3.05) is 20.7 Å². The topological polar surface area (TPSA) is 21.3 Å². The smallest absolute Gasteiger partial charge is 0.0628 e. The van der Waals surface area contributed by atoms with Crippen LogP contribution in [-0.4, -0.2) is 26.3 Å². The summed E-state index contributed by atoms with van der Waals surface area (Å²) >= 11 is 0. The molecule has 0 spiro atoms. The van der Waals surface area contributed by atoms with Gasteiger partial charge in [0, 0.05) is 7.11 Å². The van der Waals surface area contributed by atoms with E-state index < -0.39 is 0 Å². The van der Waals surface area contributed by atoms with Gasteiger partial charge in [0.15, 0.2) is 0 Å². The minimum Gasteiger partial charge on any atom is -0.379 e. The van der Waals surface area contributed by atoms with Crippen LogP contribution in [0.4, 0.5) is 0 Å². The van der Waals surface area contributed by atoms with E-state index in [2.05, 4.69) is 26.1 Å². The molecule has 78 valence electrons. The third-order valence-electron chi connectivity index (χ3n) is 3.37. The minimum atomic E-state index is 0.0389. The second-order valence-electron chi connectivity index (χ2n) is 5.25. The minimum absolute atomic E-state index is 0.0389. The Labute approximate surface area is 82.0 Å². The maximum absolute atomic E-state index is 5.46. The van der Waals surface area contributed by atoms with Crippen molar-refractivity contribution in [3.05, 3.63) is 0 Å². The Morgan fingerprint density at radius 3 is 2.62 bits per heavy atom. The highest BCUT2D eigenvalue weighted by atomic mass is 16.5. The first kappa shape index (κ1) is 11.0. The van der Waals surface area contributed by atoms with Crippen LogP contribution in [0.25, 0.3) is 0 Å². The quantitative estimate of drug-likeness (QED) is 0.708. The summed E-state index contributed by atoms with van der Waals surface area (Å²) in [5, 5.41) is 3.25. The molecule has 0 heterocycles. The zero-order chi connectivity index (χ0) is 10.1. The average Bonchev–Trinajstić information content (AvgIpc) is 2.61. The maximum Gasteiger partial charge on any atom is 0.0628 e. The first-order valence-corrected chi connectivity index (χ1v) is 5.13. The van der Waals surface area contributed by atoms with Gasteiger partial charge >= 0.3 is 0 Å². The summed E-state index contributed by atoms with van der Waals surface area (Å²) in [7, 11) is 3.83. The summed E-state index contributed by atoms with van der Waals surface area (Å²) in [4.78, 5) is 0. The van der Waals surface area contributed by atoms with E-state index in [1.54, 1.807) is 7.11 Å². The molecule has 0 radical (unpaired) electrons. The number of ether oxygens (including phenoxy) is 1. The van der Waals surface area contributed by atoms with Gasteiger partial charge in [-0.05, 0) is 51.6 Å². The van der Waals surface area contributed by atoms with Gasteiger partial charge in [-0.3, -0.25) is 0 Å². The van der Waals surface area contributed by atoms with Crippen LogP contribution in [0.5, 0.6) is 0 Å². The van der Waals surface area contributed by atoms with Gasteiger partial charge in [-0.15, -0.1) is 0 Å². The normalized spacial score (nSPS) is 33.5. The van der Waals surface area contributed by atoms with Crippen molar-refractivity contribution in [2.45, 2.75) is 39.2 Å². The molecule has 0 saturated heterocycles. The van der Waals surface area contributed by atoms with Crippen LogP contribution >= 0.6 is 0 Å². The lowest BCUT2D eigenvalue weighted by atomic mass is 9.90. The first-order chi connectivity index (χ1) is 5.93. The van der Waals surface area contributed by atoms with Gasteiger partial charge in [-0.2, -0.15) is 0 Å². The zero-order valence-corrected chi connectivity index (χ0v) is 9.61. The van der Waals surface area contributed by atoms with Crippen molar-refractivity contribution < 1.29 is 4.74 Å². The SMILES string of the molecule is CNCC1CC1(C)CC(C)(C)OC. The highest BCUT2D eigenvalue weighted by molar-refractivity contribution is 5.02. The van der Waals surface area contributed by atoms with Gasteiger partial charge in [0.2, 0.25) is 0 Å². The van der Waals surface area contributed by atoms with Gasteiger partial charge in [0.05, 0.1) is 5.60 Å². The van der Waals surface area contributed by atoms with Gasteiger partial charge in [-0.25, -0.2) is 0 Å². The fourth-order valence-corrected chi connectivity index (χ4v) is 2.33. The molecule has 2 heteroatoms. The summed E-state index contributed by atoms with van der Waals surface area (Å²) in [6.07, 6.45) is 2.52. The Balaban J connectivity index is 2.38. The fraction of sp³-hybridized carbons (Fsp3) is 1.00. The highest BCUT2D eigenvalue weighted by Gasteiger charge is 2.51. The molecule has 13 heavy (non-hydrogen) atoms. The second kappa shape index (κ2) is 3.58. The molecule has 1 fully saturated rings. The van der Waals surface area contributed by atoms with Gasteiger partial charge in [-0.1, -0.05) is 6.92 Å². The molecule has 1 N–H and O–H groups in total. The Morgan fingerprint density at radius 2 is 2.15 bits per heavy atom. The molecule has 0 bridgehead atoms. The van der Waals surface area contributed by atoms with Crippen molar-refractivity contribution in [2.24, 2.45) is 11.3 Å². The van der Waals surface area contributed by atoms with E-state index in [9.17, 15) is 0 Å². The number of hydrogen-bond acceptors (Lipinski definition) is 2. The van der Waals surface area contributed by atoms with Crippen LogP contribution in [-0.2, 0) is 4.74 Å². The molecule has 1 rings (SSSR count). The van der Waals surface area contributed by atoms with Crippen LogP contribution in [0.2, 0.25) is 0 Å². The summed E-state index contributed by atoms with van der Waals surface area (Å²) in [6, 6.07) is 0. The van der Waals surface area contributed by atoms with Crippen molar-refractivity contribution in [3.8, 4) is 0 Å². The molecule has 2 atom stereocenters. The summed E-state index contributed by atoms with van der Waals surface area (Å²) in [5.74, 6) is 0.854. The van der Waals surface area contributed by atoms with E-state index in [1.165, 1.54) is 12.8 Å². The molecule has 0 aromatic heterocycles. The number of nitrogens with one attached hydrogen (secondary N) is 1. The highest BCUT2D eigenvalue weighted by Crippen LogP contribution is 2.56. The summed E-state index contributed by atoms with van der Waals surface area (Å²) in [6.45, 7) is 7.87. The molecule has 2 unspecified atom stereocenters. The number of hydrogen-bond donors (Lipinski definition) is 1. The van der Waals surface area contributed by atoms with E-state index in [0.717, 1.165) is 12.5 Å². The van der Waals surface area contributed by atoms with Crippen LogP contribution in [0.1, 0.15) is 33.6 Å². The maximum atomic E-state index is 5.46. The lowest BCUT2D eigenvalue weighted by Crippen LogP contribution is -2.27. The molecule has 1 aliphatic rings. The lowest BCUT2D eigenvalue weighted by Gasteiger charge is -2.27. The van der Waals surface area contributed by atoms with E-state index in [0.29, 0.717) is 5.41 Å². The van der Waals surface area contributed by atoms with Crippen molar-refractivity contribution in [1.82, 2.24) is 5.32 Å². The Morgan fingerprint density at radius 1 is 1.54 bits per heavy atom. The molecule has 0 aliphatic heterocycles. The number of methoxy groups -OCH3 is 1. The lowest BCUT2D eigenvalue weighted by molar-refractivity contribution is -0.00166. The van der Waals surface area contributed by atoms with Crippen LogP contribution < -0.4 is 5.32 Å². The Hall–Kier alpha value is -0.0800. The molecular weight excluding hydrogens is 162 g/mol. The molecule has 1 aliphatic carbocycles. The monoisotopic (exact) mass is 185 g/mol. The fourth-order valence-electron chi connectivity index (χ4n) is 2.33. The third kappa shape index (κ3) is 2.68. The van der Waals surface area contributed by atoms with Crippen molar-refractivity contribution in [3.63, 3.8) is 0 Å². The molecule has 0 aromatic carbocycles. The molecule has 0 aromatic rings. The average molecular weight is 185 g/mol. The standard InChI is InChI=1S/C11H23NO/c1-10(2,13-5)8-11(3)6-9(11)7-12-4/h9,12H,6-8H2,1-5H3. The van der Waals surface area contributed by atoms with Gasteiger partial charge < -0.3 is 10.1 Å². The van der Waals surface area contributed by atoms with Crippen LogP contribution in [0.15, 0.2) is 0 Å². The Bertz CT molecular complexity index is 179. The first-order valence-electron chi connectivity index (χ1n) is 5.13. The predicted octanol–water partition coefficient (Wildman–Crippen LogP) is 2.05. The molecule has 0 amide bonds. The van der Waals surface area contributed by atoms with Crippen molar-refractivity contribution >= 4 is 0 Å². The number of rotatable bonds is 5. The van der Waals surface area contributed by atoms with Gasteiger partial charge in [0.25, 0.3) is 0 Å². The molecule has 2 nitrogen and oxygen atoms in total. The van der Waals surface area contributed by atoms with E-state index in [-0.39, 0.29) is 5.60 Å². The summed E-state index contributed by atoms with van der Waals surface area (Å²) in [5.41, 5.74) is 0.555. The summed E-state index contributed by atoms with van der Waals surface area (Å²) < 4.78 is 5.46. The molecule has 1 saturated carbocycles. The van der Waals surface area contributed by atoms with Crippen LogP contribution in [0, 0.1) is 11.3 Å². The van der Waals surface area contributed by atoms with Gasteiger partial charge in [0.1, 0.15) is 0 Å². The molecular formula is C11H23NO. The van der Waals surface area contributed by atoms with Crippen molar-refractivity contribution in [1.29, 1.82) is 0 Å².